The van der Waals surface area contributed by atoms with Gasteiger partial charge in [0.2, 0.25) is 5.91 Å². The van der Waals surface area contributed by atoms with Crippen molar-refractivity contribution in [2.75, 3.05) is 11.4 Å². The Morgan fingerprint density at radius 1 is 1.23 bits per heavy atom. The van der Waals surface area contributed by atoms with Gasteiger partial charge in [-0.25, -0.2) is 4.98 Å². The van der Waals surface area contributed by atoms with Crippen molar-refractivity contribution in [2.24, 2.45) is 5.92 Å². The van der Waals surface area contributed by atoms with E-state index in [1.807, 2.05) is 28.0 Å². The average Bonchev–Trinajstić information content (AvgIpc) is 3.42. The van der Waals surface area contributed by atoms with Gasteiger partial charge in [0.15, 0.2) is 12.1 Å². The van der Waals surface area contributed by atoms with Crippen molar-refractivity contribution in [2.45, 2.75) is 44.7 Å². The third-order valence-electron chi connectivity index (χ3n) is 6.19. The number of aromatic nitrogens is 1. The largest absolute Gasteiger partial charge is 0.448 e. The Labute approximate surface area is 151 Å². The molecule has 0 aliphatic carbocycles. The maximum Gasteiger partial charge on any atom is 0.276 e. The summed E-state index contributed by atoms with van der Waals surface area (Å²) in [5.74, 6) is 0.492. The van der Waals surface area contributed by atoms with E-state index in [4.69, 9.17) is 4.42 Å². The molecule has 1 aromatic heterocycles. The summed E-state index contributed by atoms with van der Waals surface area (Å²) < 4.78 is 5.20. The van der Waals surface area contributed by atoms with Crippen LogP contribution in [0.5, 0.6) is 0 Å². The third kappa shape index (κ3) is 2.14. The second-order valence-electron chi connectivity index (χ2n) is 7.48. The number of aryl methyl sites for hydroxylation is 1. The molecule has 0 unspecified atom stereocenters. The Morgan fingerprint density at radius 3 is 2.88 bits per heavy atom. The number of anilines is 1. The summed E-state index contributed by atoms with van der Waals surface area (Å²) >= 11 is 0. The first-order chi connectivity index (χ1) is 12.6. The Kier molecular flexibility index (Phi) is 3.42. The lowest BCUT2D eigenvalue weighted by molar-refractivity contribution is -0.123. The molecule has 0 saturated carbocycles. The standard InChI is InChI=1S/C20H21N3O3/c1-12-18(21-11-26-12)20(25)23-14-6-7-17(23)15(10-14)19(24)22-9-8-13-4-2-3-5-16(13)22/h2-5,11,14-15,17H,6-10H2,1H3/t14-,15+,17-/m0/s1. The first-order valence-corrected chi connectivity index (χ1v) is 9.27. The molecule has 4 heterocycles. The number of para-hydroxylation sites is 1. The molecule has 5 rings (SSSR count). The van der Waals surface area contributed by atoms with Gasteiger partial charge < -0.3 is 14.2 Å². The van der Waals surface area contributed by atoms with Gasteiger partial charge in [-0.15, -0.1) is 0 Å². The van der Waals surface area contributed by atoms with Crippen molar-refractivity contribution in [3.8, 4) is 0 Å². The van der Waals surface area contributed by atoms with E-state index in [0.717, 1.165) is 37.9 Å². The number of oxazole rings is 1. The van der Waals surface area contributed by atoms with Gasteiger partial charge in [-0.2, -0.15) is 0 Å². The van der Waals surface area contributed by atoms with Gasteiger partial charge in [-0.05, 0) is 44.2 Å². The Bertz CT molecular complexity index is 890. The molecular weight excluding hydrogens is 330 g/mol. The van der Waals surface area contributed by atoms with E-state index in [0.29, 0.717) is 11.5 Å². The predicted octanol–water partition coefficient (Wildman–Crippen LogP) is 2.57. The molecule has 6 nitrogen and oxygen atoms in total. The number of nitrogens with zero attached hydrogens (tertiary/aromatic N) is 3. The molecule has 134 valence electrons. The van der Waals surface area contributed by atoms with Crippen LogP contribution in [0.2, 0.25) is 0 Å². The van der Waals surface area contributed by atoms with Gasteiger partial charge >= 0.3 is 0 Å². The quantitative estimate of drug-likeness (QED) is 0.834. The Morgan fingerprint density at radius 2 is 2.08 bits per heavy atom. The fraction of sp³-hybridized carbons (Fsp3) is 0.450. The van der Waals surface area contributed by atoms with Crippen LogP contribution in [0.3, 0.4) is 0 Å². The average molecular weight is 351 g/mol. The molecule has 3 aliphatic heterocycles. The van der Waals surface area contributed by atoms with Crippen LogP contribution >= 0.6 is 0 Å². The lowest BCUT2D eigenvalue weighted by Gasteiger charge is -2.27. The zero-order chi connectivity index (χ0) is 17.8. The van der Waals surface area contributed by atoms with Crippen molar-refractivity contribution in [3.63, 3.8) is 0 Å². The SMILES string of the molecule is Cc1ocnc1C(=O)N1[C@H]2CC[C@H]1[C@H](C(=O)N1CCc3ccccc31)C2. The highest BCUT2D eigenvalue weighted by Crippen LogP contribution is 2.44. The molecule has 3 atom stereocenters. The van der Waals surface area contributed by atoms with Crippen LogP contribution in [0.4, 0.5) is 5.69 Å². The molecule has 2 aromatic rings. The van der Waals surface area contributed by atoms with Crippen LogP contribution in [0.25, 0.3) is 0 Å². The third-order valence-corrected chi connectivity index (χ3v) is 6.19. The van der Waals surface area contributed by atoms with E-state index in [9.17, 15) is 9.59 Å². The van der Waals surface area contributed by atoms with E-state index in [1.54, 1.807) is 6.92 Å². The normalized spacial score (nSPS) is 26.4. The topological polar surface area (TPSA) is 66.7 Å². The first-order valence-electron chi connectivity index (χ1n) is 9.27. The summed E-state index contributed by atoms with van der Waals surface area (Å²) in [6.45, 7) is 2.49. The van der Waals surface area contributed by atoms with Crippen LogP contribution in [0.1, 0.15) is 41.1 Å². The van der Waals surface area contributed by atoms with Crippen molar-refractivity contribution in [3.05, 3.63) is 47.7 Å². The highest BCUT2D eigenvalue weighted by Gasteiger charge is 2.53. The number of fused-ring (bicyclic) bond motifs is 3. The lowest BCUT2D eigenvalue weighted by Crippen LogP contribution is -2.42. The molecule has 2 saturated heterocycles. The fourth-order valence-corrected chi connectivity index (χ4v) is 4.97. The summed E-state index contributed by atoms with van der Waals surface area (Å²) in [7, 11) is 0. The summed E-state index contributed by atoms with van der Waals surface area (Å²) in [6, 6.07) is 8.22. The molecule has 1 aromatic carbocycles. The molecule has 3 aliphatic rings. The number of carbonyl (C=O) groups is 2. The minimum atomic E-state index is -0.115. The zero-order valence-electron chi connectivity index (χ0n) is 14.7. The minimum Gasteiger partial charge on any atom is -0.448 e. The molecule has 26 heavy (non-hydrogen) atoms. The van der Waals surface area contributed by atoms with Crippen LogP contribution in [0.15, 0.2) is 35.1 Å². The van der Waals surface area contributed by atoms with E-state index in [2.05, 4.69) is 11.1 Å². The minimum absolute atomic E-state index is 0.0242. The van der Waals surface area contributed by atoms with Crippen LogP contribution < -0.4 is 4.90 Å². The van der Waals surface area contributed by atoms with E-state index in [-0.39, 0.29) is 29.8 Å². The Balaban J connectivity index is 1.40. The van der Waals surface area contributed by atoms with Crippen molar-refractivity contribution < 1.29 is 14.0 Å². The first kappa shape index (κ1) is 15.6. The highest BCUT2D eigenvalue weighted by molar-refractivity contribution is 5.99. The van der Waals surface area contributed by atoms with Gasteiger partial charge in [0.25, 0.3) is 5.91 Å². The Hall–Kier alpha value is -2.63. The number of hydrogen-bond acceptors (Lipinski definition) is 4. The number of rotatable bonds is 2. The van der Waals surface area contributed by atoms with Crippen LogP contribution in [-0.2, 0) is 11.2 Å². The van der Waals surface area contributed by atoms with Gasteiger partial charge in [0.1, 0.15) is 5.76 Å². The molecule has 0 N–H and O–H groups in total. The predicted molar refractivity (Wildman–Crippen MR) is 94.8 cm³/mol. The van der Waals surface area contributed by atoms with Crippen molar-refractivity contribution >= 4 is 17.5 Å². The molecule has 0 spiro atoms. The second kappa shape index (κ2) is 5.69. The van der Waals surface area contributed by atoms with Gasteiger partial charge in [0, 0.05) is 24.3 Å². The molecule has 2 amide bonds. The maximum atomic E-state index is 13.3. The lowest BCUT2D eigenvalue weighted by atomic mass is 9.88. The van der Waals surface area contributed by atoms with Crippen LogP contribution in [0, 0.1) is 12.8 Å². The molecule has 2 bridgehead atoms. The summed E-state index contributed by atoms with van der Waals surface area (Å²) in [4.78, 5) is 34.1. The molecule has 2 fully saturated rings. The van der Waals surface area contributed by atoms with E-state index < -0.39 is 0 Å². The van der Waals surface area contributed by atoms with Crippen molar-refractivity contribution in [1.82, 2.24) is 9.88 Å². The van der Waals surface area contributed by atoms with Crippen molar-refractivity contribution in [1.29, 1.82) is 0 Å². The smallest absolute Gasteiger partial charge is 0.276 e. The second-order valence-corrected chi connectivity index (χ2v) is 7.48. The fourth-order valence-electron chi connectivity index (χ4n) is 4.97. The van der Waals surface area contributed by atoms with Gasteiger partial charge in [-0.1, -0.05) is 18.2 Å². The van der Waals surface area contributed by atoms with E-state index in [1.165, 1.54) is 12.0 Å². The summed E-state index contributed by atoms with van der Waals surface area (Å²) in [5.41, 5.74) is 2.64. The van der Waals surface area contributed by atoms with Gasteiger partial charge in [-0.3, -0.25) is 9.59 Å². The molecular formula is C20H21N3O3. The van der Waals surface area contributed by atoms with E-state index >= 15 is 0 Å². The van der Waals surface area contributed by atoms with Crippen LogP contribution in [-0.4, -0.2) is 40.3 Å². The number of amides is 2. The number of hydrogen-bond donors (Lipinski definition) is 0. The monoisotopic (exact) mass is 351 g/mol. The number of carbonyl (C=O) groups excluding carboxylic acids is 2. The van der Waals surface area contributed by atoms with Gasteiger partial charge in [0.05, 0.1) is 5.92 Å². The molecule has 0 radical (unpaired) electrons. The summed E-state index contributed by atoms with van der Waals surface area (Å²) in [5, 5.41) is 0. The molecule has 6 heteroatoms. The number of benzene rings is 1. The highest BCUT2D eigenvalue weighted by atomic mass is 16.3. The zero-order valence-corrected chi connectivity index (χ0v) is 14.7. The summed E-state index contributed by atoms with van der Waals surface area (Å²) in [6.07, 6.45) is 4.82. The maximum absolute atomic E-state index is 13.3.